The normalized spacial score (nSPS) is 10.4. The van der Waals surface area contributed by atoms with Crippen LogP contribution in [0.5, 0.6) is 0 Å². The summed E-state index contributed by atoms with van der Waals surface area (Å²) < 4.78 is 37.4. The minimum Gasteiger partial charge on any atom is -0.449 e. The van der Waals surface area contributed by atoms with Gasteiger partial charge in [-0.1, -0.05) is 23.1 Å². The molecule has 0 unspecified atom stereocenters. The van der Waals surface area contributed by atoms with Crippen molar-refractivity contribution in [3.63, 3.8) is 0 Å². The van der Waals surface area contributed by atoms with Crippen molar-refractivity contribution in [2.24, 2.45) is 5.11 Å². The van der Waals surface area contributed by atoms with E-state index in [0.29, 0.717) is 9.13 Å². The molecule has 1 aromatic carbocycles. The fourth-order valence-electron chi connectivity index (χ4n) is 1.26. The summed E-state index contributed by atoms with van der Waals surface area (Å²) >= 11 is 1.92. The molecule has 0 saturated heterocycles. The summed E-state index contributed by atoms with van der Waals surface area (Å²) in [5, 5.41) is 3.37. The Labute approximate surface area is 153 Å². The predicted octanol–water partition coefficient (Wildman–Crippen LogP) is 1.47. The van der Waals surface area contributed by atoms with Crippen LogP contribution in [0.3, 0.4) is 0 Å². The van der Waals surface area contributed by atoms with Gasteiger partial charge < -0.3 is 12.9 Å². The van der Waals surface area contributed by atoms with Crippen LogP contribution in [0.25, 0.3) is 10.4 Å². The van der Waals surface area contributed by atoms with Gasteiger partial charge in [-0.05, 0) is 46.7 Å². The van der Waals surface area contributed by atoms with Crippen LogP contribution in [0.1, 0.15) is 11.1 Å². The van der Waals surface area contributed by atoms with Crippen molar-refractivity contribution >= 4 is 35.3 Å². The van der Waals surface area contributed by atoms with Gasteiger partial charge in [-0.15, -0.1) is 0 Å². The molecule has 17 heavy (non-hydrogen) atoms. The molecule has 0 fully saturated rings. The second-order valence-electron chi connectivity index (χ2n) is 3.33. The van der Waals surface area contributed by atoms with E-state index in [4.69, 9.17) is 5.53 Å². The minimum absolute atomic E-state index is 0. The smallest absolute Gasteiger partial charge is 0.449 e. The maximum absolute atomic E-state index is 12.2. The maximum atomic E-state index is 12.2. The molecule has 0 amide bonds. The van der Waals surface area contributed by atoms with Crippen LogP contribution in [0.2, 0.25) is 0 Å². The quantitative estimate of drug-likeness (QED) is 0.251. The van der Waals surface area contributed by atoms with E-state index in [1.807, 2.05) is 22.6 Å². The van der Waals surface area contributed by atoms with E-state index >= 15 is 0 Å². The SMILES string of the molecule is Cc1c(I)cc(C[B-](F)(F)F)cc1N=[N+]=[N-].[K+]. The number of rotatable bonds is 3. The van der Waals surface area contributed by atoms with Crippen LogP contribution in [0, 0.1) is 10.5 Å². The molecule has 9 heteroatoms. The Hall–Kier alpha value is 0.751. The van der Waals surface area contributed by atoms with Gasteiger partial charge in [0.05, 0.1) is 0 Å². The summed E-state index contributed by atoms with van der Waals surface area (Å²) in [5.41, 5.74) is 9.37. The van der Waals surface area contributed by atoms with Gasteiger partial charge in [-0.25, -0.2) is 0 Å². The van der Waals surface area contributed by atoms with Crippen molar-refractivity contribution in [1.82, 2.24) is 0 Å². The van der Waals surface area contributed by atoms with E-state index in [1.54, 1.807) is 6.92 Å². The molecule has 86 valence electrons. The molecular weight excluding hydrogens is 372 g/mol. The Morgan fingerprint density at radius 3 is 2.47 bits per heavy atom. The van der Waals surface area contributed by atoms with Crippen molar-refractivity contribution in [2.75, 3.05) is 0 Å². The number of hydrogen-bond donors (Lipinski definition) is 0. The Bertz CT molecular complexity index is 460. The van der Waals surface area contributed by atoms with Gasteiger partial charge in [0, 0.05) is 14.2 Å². The van der Waals surface area contributed by atoms with Gasteiger partial charge in [0.1, 0.15) is 0 Å². The first-order valence-electron chi connectivity index (χ1n) is 4.38. The zero-order valence-electron chi connectivity index (χ0n) is 9.29. The molecule has 0 atom stereocenters. The average Bonchev–Trinajstić information content (AvgIpc) is 2.11. The molecule has 0 radical (unpaired) electrons. The first kappa shape index (κ1) is 17.8. The van der Waals surface area contributed by atoms with Gasteiger partial charge >= 0.3 is 58.4 Å². The molecular formula is C8H7BF3IKN3. The average molecular weight is 379 g/mol. The molecule has 0 aliphatic carbocycles. The number of hydrogen-bond acceptors (Lipinski definition) is 1. The molecule has 1 aromatic rings. The molecule has 1 rings (SSSR count). The summed E-state index contributed by atoms with van der Waals surface area (Å²) in [6, 6.07) is 2.74. The summed E-state index contributed by atoms with van der Waals surface area (Å²) in [7, 11) is 0. The molecule has 0 aliphatic heterocycles. The molecule has 0 aliphatic rings. The van der Waals surface area contributed by atoms with Crippen molar-refractivity contribution in [3.05, 3.63) is 37.3 Å². The second-order valence-corrected chi connectivity index (χ2v) is 4.49. The number of halogens is 4. The van der Waals surface area contributed by atoms with Crippen molar-refractivity contribution in [2.45, 2.75) is 13.2 Å². The fraction of sp³-hybridized carbons (Fsp3) is 0.250. The zero-order chi connectivity index (χ0) is 12.3. The van der Waals surface area contributed by atoms with E-state index in [2.05, 4.69) is 10.0 Å². The summed E-state index contributed by atoms with van der Waals surface area (Å²) in [4.78, 5) is 2.59. The van der Waals surface area contributed by atoms with Gasteiger partial charge in [0.2, 0.25) is 0 Å². The molecule has 3 nitrogen and oxygen atoms in total. The van der Waals surface area contributed by atoms with Crippen LogP contribution in [0.15, 0.2) is 17.2 Å². The Balaban J connectivity index is 0.00000256. The third-order valence-electron chi connectivity index (χ3n) is 2.00. The first-order valence-corrected chi connectivity index (χ1v) is 5.46. The molecule has 0 saturated carbocycles. The second kappa shape index (κ2) is 7.37. The molecule has 0 N–H and O–H groups in total. The third-order valence-corrected chi connectivity index (χ3v) is 3.12. The van der Waals surface area contributed by atoms with Crippen molar-refractivity contribution in [1.29, 1.82) is 0 Å². The van der Waals surface area contributed by atoms with Crippen molar-refractivity contribution < 1.29 is 64.3 Å². The molecule has 0 spiro atoms. The van der Waals surface area contributed by atoms with Crippen LogP contribution in [-0.2, 0) is 6.32 Å². The topological polar surface area (TPSA) is 48.8 Å². The predicted molar refractivity (Wildman–Crippen MR) is 65.5 cm³/mol. The van der Waals surface area contributed by atoms with Gasteiger partial charge in [-0.3, -0.25) is 0 Å². The van der Waals surface area contributed by atoms with E-state index in [1.165, 1.54) is 12.1 Å². The molecule has 0 aromatic heterocycles. The largest absolute Gasteiger partial charge is 1.00 e. The van der Waals surface area contributed by atoms with Crippen LogP contribution in [0.4, 0.5) is 18.6 Å². The van der Waals surface area contributed by atoms with E-state index < -0.39 is 13.3 Å². The third kappa shape index (κ3) is 5.95. The molecule has 0 heterocycles. The van der Waals surface area contributed by atoms with Crippen LogP contribution in [-0.4, -0.2) is 6.98 Å². The van der Waals surface area contributed by atoms with Crippen LogP contribution < -0.4 is 51.4 Å². The molecule has 0 bridgehead atoms. The number of azide groups is 1. The first-order chi connectivity index (χ1) is 7.33. The summed E-state index contributed by atoms with van der Waals surface area (Å²) in [5.74, 6) is 0. The maximum Gasteiger partial charge on any atom is 1.00 e. The van der Waals surface area contributed by atoms with E-state index in [-0.39, 0.29) is 62.6 Å². The number of nitrogens with zero attached hydrogens (tertiary/aromatic N) is 3. The van der Waals surface area contributed by atoms with E-state index in [0.717, 1.165) is 0 Å². The van der Waals surface area contributed by atoms with Crippen LogP contribution >= 0.6 is 22.6 Å². The standard InChI is InChI=1S/C8H7BF3IN3.K/c1-5-7(13)2-6(4-9(10,11)12)3-8(5)15-16-14;/h2-3H,4H2,1H3;/q-1;+1. The monoisotopic (exact) mass is 379 g/mol. The van der Waals surface area contributed by atoms with Gasteiger partial charge in [0.25, 0.3) is 0 Å². The van der Waals surface area contributed by atoms with Crippen molar-refractivity contribution in [3.8, 4) is 0 Å². The Kier molecular flexibility index (Phi) is 7.69. The summed E-state index contributed by atoms with van der Waals surface area (Å²) in [6.45, 7) is -3.17. The number of benzene rings is 1. The fourth-order valence-corrected chi connectivity index (χ4v) is 1.93. The zero-order valence-corrected chi connectivity index (χ0v) is 14.6. The van der Waals surface area contributed by atoms with E-state index in [9.17, 15) is 12.9 Å². The summed E-state index contributed by atoms with van der Waals surface area (Å²) in [6.07, 6.45) is -0.954. The Morgan fingerprint density at radius 2 is 2.00 bits per heavy atom. The Morgan fingerprint density at radius 1 is 1.41 bits per heavy atom. The van der Waals surface area contributed by atoms with Gasteiger partial charge in [-0.2, -0.15) is 0 Å². The van der Waals surface area contributed by atoms with Gasteiger partial charge in [0.15, 0.2) is 0 Å². The minimum atomic E-state index is -4.87.